The molecule has 1 saturated heterocycles. The number of hydrogen-bond donors (Lipinski definition) is 2. The van der Waals surface area contributed by atoms with E-state index in [0.717, 1.165) is 25.1 Å². The summed E-state index contributed by atoms with van der Waals surface area (Å²) in [4.78, 5) is 14.0. The molecule has 0 unspecified atom stereocenters. The zero-order valence-corrected chi connectivity index (χ0v) is 10.4. The van der Waals surface area contributed by atoms with Crippen LogP contribution in [0.4, 0.5) is 0 Å². The molecule has 2 N–H and O–H groups in total. The molecule has 0 atom stereocenters. The number of aliphatic hydroxyl groups is 1. The Bertz CT molecular complexity index is 467. The molecule has 1 aromatic rings. The number of benzene rings is 1. The van der Waals surface area contributed by atoms with Crippen molar-refractivity contribution in [3.8, 4) is 0 Å². The third-order valence-corrected chi connectivity index (χ3v) is 3.84. The van der Waals surface area contributed by atoms with E-state index in [1.165, 1.54) is 11.1 Å². The van der Waals surface area contributed by atoms with Gasteiger partial charge in [0.15, 0.2) is 0 Å². The third-order valence-electron chi connectivity index (χ3n) is 3.84. The van der Waals surface area contributed by atoms with Gasteiger partial charge in [-0.25, -0.2) is 0 Å². The highest BCUT2D eigenvalue weighted by Gasteiger charge is 2.30. The monoisotopic (exact) mass is 246 g/mol. The highest BCUT2D eigenvalue weighted by molar-refractivity contribution is 5.95. The second-order valence-electron chi connectivity index (χ2n) is 5.17. The molecule has 4 heteroatoms. The van der Waals surface area contributed by atoms with Crippen LogP contribution >= 0.6 is 0 Å². The Morgan fingerprint density at radius 2 is 2.22 bits per heavy atom. The van der Waals surface area contributed by atoms with E-state index < -0.39 is 0 Å². The lowest BCUT2D eigenvalue weighted by atomic mass is 9.96. The molecule has 0 aromatic heterocycles. The van der Waals surface area contributed by atoms with Crippen molar-refractivity contribution >= 4 is 5.91 Å². The Labute approximate surface area is 107 Å². The van der Waals surface area contributed by atoms with Gasteiger partial charge >= 0.3 is 0 Å². The van der Waals surface area contributed by atoms with Gasteiger partial charge in [0.25, 0.3) is 5.91 Å². The van der Waals surface area contributed by atoms with Crippen molar-refractivity contribution in [2.45, 2.75) is 13.0 Å². The van der Waals surface area contributed by atoms with Gasteiger partial charge in [0.2, 0.25) is 0 Å². The lowest BCUT2D eigenvalue weighted by Crippen LogP contribution is -2.51. The molecular formula is C14H18N2O2. The van der Waals surface area contributed by atoms with Crippen molar-refractivity contribution in [2.24, 2.45) is 5.92 Å². The fourth-order valence-electron chi connectivity index (χ4n) is 2.65. The zero-order valence-electron chi connectivity index (χ0n) is 10.4. The summed E-state index contributed by atoms with van der Waals surface area (Å²) in [5.74, 6) is 0.362. The van der Waals surface area contributed by atoms with E-state index in [2.05, 4.69) is 11.4 Å². The molecule has 0 bridgehead atoms. The second-order valence-corrected chi connectivity index (χ2v) is 5.17. The van der Waals surface area contributed by atoms with Crippen LogP contribution in [0.5, 0.6) is 0 Å². The van der Waals surface area contributed by atoms with E-state index in [0.29, 0.717) is 13.1 Å². The highest BCUT2D eigenvalue weighted by Crippen LogP contribution is 2.21. The van der Waals surface area contributed by atoms with Gasteiger partial charge in [0.1, 0.15) is 0 Å². The van der Waals surface area contributed by atoms with Crippen molar-refractivity contribution in [2.75, 3.05) is 26.2 Å². The lowest BCUT2D eigenvalue weighted by molar-refractivity contribution is 0.0362. The van der Waals surface area contributed by atoms with Crippen LogP contribution in [0.3, 0.4) is 0 Å². The first-order valence-electron chi connectivity index (χ1n) is 6.50. The van der Waals surface area contributed by atoms with Crippen LogP contribution in [0.15, 0.2) is 18.2 Å². The first-order valence-corrected chi connectivity index (χ1v) is 6.50. The van der Waals surface area contributed by atoms with Crippen LogP contribution in [-0.2, 0) is 13.0 Å². The maximum Gasteiger partial charge on any atom is 0.253 e. The van der Waals surface area contributed by atoms with Gasteiger partial charge in [0.05, 0.1) is 0 Å². The van der Waals surface area contributed by atoms with Crippen molar-refractivity contribution in [1.29, 1.82) is 0 Å². The number of carbonyl (C=O) groups excluding carboxylic acids is 1. The van der Waals surface area contributed by atoms with Gasteiger partial charge in [-0.05, 0) is 36.2 Å². The highest BCUT2D eigenvalue weighted by atomic mass is 16.3. The SMILES string of the molecule is O=C(c1ccc2c(c1)CNCC2)N1CC(CO)C1. The Morgan fingerprint density at radius 1 is 1.39 bits per heavy atom. The summed E-state index contributed by atoms with van der Waals surface area (Å²) in [7, 11) is 0. The van der Waals surface area contributed by atoms with E-state index in [1.807, 2.05) is 12.1 Å². The van der Waals surface area contributed by atoms with Crippen molar-refractivity contribution in [3.63, 3.8) is 0 Å². The van der Waals surface area contributed by atoms with Gasteiger partial charge in [0, 0.05) is 37.7 Å². The molecule has 2 aliphatic heterocycles. The molecule has 1 fully saturated rings. The van der Waals surface area contributed by atoms with Crippen molar-refractivity contribution < 1.29 is 9.90 Å². The summed E-state index contributed by atoms with van der Waals surface area (Å²) in [6, 6.07) is 6.02. The summed E-state index contributed by atoms with van der Waals surface area (Å²) in [5, 5.41) is 12.3. The quantitative estimate of drug-likeness (QED) is 0.794. The van der Waals surface area contributed by atoms with Crippen LogP contribution in [0.1, 0.15) is 21.5 Å². The Kier molecular flexibility index (Phi) is 3.06. The average Bonchev–Trinajstić information content (AvgIpc) is 2.37. The first kappa shape index (κ1) is 11.7. The minimum atomic E-state index is 0.0908. The van der Waals surface area contributed by atoms with Gasteiger partial charge in [-0.3, -0.25) is 4.79 Å². The second kappa shape index (κ2) is 4.71. The Hall–Kier alpha value is -1.39. The topological polar surface area (TPSA) is 52.6 Å². The number of carbonyl (C=O) groups is 1. The summed E-state index contributed by atoms with van der Waals surface area (Å²) >= 11 is 0. The molecular weight excluding hydrogens is 228 g/mol. The number of aliphatic hydroxyl groups excluding tert-OH is 1. The molecule has 1 aromatic carbocycles. The molecule has 18 heavy (non-hydrogen) atoms. The molecule has 2 aliphatic rings. The fourth-order valence-corrected chi connectivity index (χ4v) is 2.65. The fraction of sp³-hybridized carbons (Fsp3) is 0.500. The predicted molar refractivity (Wildman–Crippen MR) is 68.3 cm³/mol. The summed E-state index contributed by atoms with van der Waals surface area (Å²) in [6.45, 7) is 3.42. The standard InChI is InChI=1S/C14H18N2O2/c17-9-10-7-16(8-10)14(18)12-2-1-11-3-4-15-6-13(11)5-12/h1-2,5,10,15,17H,3-4,6-9H2. The van der Waals surface area contributed by atoms with Gasteiger partial charge in [-0.15, -0.1) is 0 Å². The summed E-state index contributed by atoms with van der Waals surface area (Å²) in [5.41, 5.74) is 3.36. The molecule has 1 amide bonds. The van der Waals surface area contributed by atoms with Crippen LogP contribution in [0, 0.1) is 5.92 Å². The van der Waals surface area contributed by atoms with Crippen molar-refractivity contribution in [1.82, 2.24) is 10.2 Å². The van der Waals surface area contributed by atoms with E-state index in [-0.39, 0.29) is 18.4 Å². The summed E-state index contributed by atoms with van der Waals surface area (Å²) < 4.78 is 0. The van der Waals surface area contributed by atoms with Gasteiger partial charge < -0.3 is 15.3 Å². The largest absolute Gasteiger partial charge is 0.396 e. The van der Waals surface area contributed by atoms with E-state index in [4.69, 9.17) is 5.11 Å². The number of hydrogen-bond acceptors (Lipinski definition) is 3. The minimum absolute atomic E-state index is 0.0908. The number of fused-ring (bicyclic) bond motifs is 1. The van der Waals surface area contributed by atoms with E-state index in [9.17, 15) is 4.79 Å². The lowest BCUT2D eigenvalue weighted by Gasteiger charge is -2.38. The van der Waals surface area contributed by atoms with E-state index in [1.54, 1.807) is 4.90 Å². The maximum atomic E-state index is 12.2. The van der Waals surface area contributed by atoms with Crippen LogP contribution < -0.4 is 5.32 Å². The smallest absolute Gasteiger partial charge is 0.253 e. The minimum Gasteiger partial charge on any atom is -0.396 e. The number of rotatable bonds is 2. The molecule has 0 radical (unpaired) electrons. The Balaban J connectivity index is 1.74. The Morgan fingerprint density at radius 3 is 3.00 bits per heavy atom. The average molecular weight is 246 g/mol. The third kappa shape index (κ3) is 2.02. The molecule has 2 heterocycles. The molecule has 4 nitrogen and oxygen atoms in total. The normalized spacial score (nSPS) is 19.3. The number of amides is 1. The van der Waals surface area contributed by atoms with E-state index >= 15 is 0 Å². The van der Waals surface area contributed by atoms with Crippen LogP contribution in [0.2, 0.25) is 0 Å². The molecule has 0 saturated carbocycles. The van der Waals surface area contributed by atoms with Crippen LogP contribution in [-0.4, -0.2) is 42.2 Å². The van der Waals surface area contributed by atoms with Gasteiger partial charge in [-0.2, -0.15) is 0 Å². The first-order chi connectivity index (χ1) is 8.78. The molecule has 0 aliphatic carbocycles. The predicted octanol–water partition coefficient (Wildman–Crippen LogP) is 0.397. The van der Waals surface area contributed by atoms with Crippen LogP contribution in [0.25, 0.3) is 0 Å². The van der Waals surface area contributed by atoms with Gasteiger partial charge in [-0.1, -0.05) is 6.07 Å². The summed E-state index contributed by atoms with van der Waals surface area (Å²) in [6.07, 6.45) is 1.04. The van der Waals surface area contributed by atoms with Crippen molar-refractivity contribution in [3.05, 3.63) is 34.9 Å². The molecule has 0 spiro atoms. The maximum absolute atomic E-state index is 12.2. The number of nitrogens with zero attached hydrogens (tertiary/aromatic N) is 1. The molecule has 3 rings (SSSR count). The number of nitrogens with one attached hydrogen (secondary N) is 1. The zero-order chi connectivity index (χ0) is 12.5. The number of likely N-dealkylation sites (tertiary alicyclic amines) is 1. The molecule has 96 valence electrons.